The molecule has 0 saturated carbocycles. The van der Waals surface area contributed by atoms with Crippen LogP contribution in [0.25, 0.3) is 0 Å². The first-order valence-electron chi connectivity index (χ1n) is 6.07. The molecule has 1 unspecified atom stereocenters. The monoisotopic (exact) mass is 220 g/mol. The number of ether oxygens (including phenoxy) is 1. The molecule has 1 N–H and O–H groups in total. The van der Waals surface area contributed by atoms with Crippen LogP contribution in [-0.2, 0) is 11.3 Å². The zero-order chi connectivity index (χ0) is 11.2. The molecule has 2 rings (SSSR count). The lowest BCUT2D eigenvalue weighted by Gasteiger charge is -2.16. The lowest BCUT2D eigenvalue weighted by molar-refractivity contribution is 0.142. The van der Waals surface area contributed by atoms with Gasteiger partial charge in [0.15, 0.2) is 0 Å². The molecule has 1 atom stereocenters. The molecule has 1 aromatic heterocycles. The molecule has 1 aromatic rings. The van der Waals surface area contributed by atoms with Crippen molar-refractivity contribution in [3.05, 3.63) is 29.6 Å². The summed E-state index contributed by atoms with van der Waals surface area (Å²) in [5, 5.41) is 3.60. The Labute approximate surface area is 97.2 Å². The molecule has 1 saturated heterocycles. The van der Waals surface area contributed by atoms with E-state index in [0.717, 1.165) is 26.2 Å². The first-order chi connectivity index (χ1) is 7.86. The van der Waals surface area contributed by atoms with E-state index in [-0.39, 0.29) is 0 Å². The van der Waals surface area contributed by atoms with Gasteiger partial charge >= 0.3 is 0 Å². The summed E-state index contributed by atoms with van der Waals surface area (Å²) in [4.78, 5) is 4.16. The highest BCUT2D eigenvalue weighted by molar-refractivity contribution is 5.21. The van der Waals surface area contributed by atoms with E-state index in [4.69, 9.17) is 4.74 Å². The number of rotatable bonds is 3. The Hall–Kier alpha value is -0.930. The Kier molecular flexibility index (Phi) is 4.31. The van der Waals surface area contributed by atoms with Crippen molar-refractivity contribution >= 4 is 0 Å². The van der Waals surface area contributed by atoms with E-state index in [0.29, 0.717) is 6.04 Å². The number of aryl methyl sites for hydroxylation is 1. The lowest BCUT2D eigenvalue weighted by Crippen LogP contribution is -2.29. The molecular weight excluding hydrogens is 200 g/mol. The van der Waals surface area contributed by atoms with Crippen LogP contribution >= 0.6 is 0 Å². The van der Waals surface area contributed by atoms with Crippen molar-refractivity contribution in [3.63, 3.8) is 0 Å². The van der Waals surface area contributed by atoms with Crippen LogP contribution in [0.1, 0.15) is 30.4 Å². The molecule has 16 heavy (non-hydrogen) atoms. The van der Waals surface area contributed by atoms with Crippen LogP contribution in [0.4, 0.5) is 0 Å². The van der Waals surface area contributed by atoms with Crippen molar-refractivity contribution in [2.75, 3.05) is 13.2 Å². The molecule has 1 aliphatic rings. The van der Waals surface area contributed by atoms with Gasteiger partial charge in [0.1, 0.15) is 0 Å². The summed E-state index contributed by atoms with van der Waals surface area (Å²) in [6.45, 7) is 4.87. The fourth-order valence-electron chi connectivity index (χ4n) is 2.04. The highest BCUT2D eigenvalue weighted by atomic mass is 16.5. The Morgan fingerprint density at radius 2 is 2.38 bits per heavy atom. The van der Waals surface area contributed by atoms with Crippen molar-refractivity contribution in [2.24, 2.45) is 0 Å². The van der Waals surface area contributed by atoms with Gasteiger partial charge in [-0.2, -0.15) is 0 Å². The average Bonchev–Trinajstić information content (AvgIpc) is 2.56. The smallest absolute Gasteiger partial charge is 0.0480 e. The van der Waals surface area contributed by atoms with E-state index >= 15 is 0 Å². The maximum atomic E-state index is 5.45. The van der Waals surface area contributed by atoms with Crippen LogP contribution < -0.4 is 5.32 Å². The Bertz CT molecular complexity index is 319. The van der Waals surface area contributed by atoms with Crippen LogP contribution in [0, 0.1) is 6.92 Å². The third kappa shape index (κ3) is 3.29. The second kappa shape index (κ2) is 5.97. The zero-order valence-electron chi connectivity index (χ0n) is 9.91. The van der Waals surface area contributed by atoms with E-state index in [1.54, 1.807) is 0 Å². The predicted molar refractivity (Wildman–Crippen MR) is 64.3 cm³/mol. The van der Waals surface area contributed by atoms with E-state index in [2.05, 4.69) is 23.3 Å². The third-order valence-corrected chi connectivity index (χ3v) is 3.18. The summed E-state index contributed by atoms with van der Waals surface area (Å²) < 4.78 is 5.45. The molecule has 3 nitrogen and oxygen atoms in total. The molecule has 2 heterocycles. The summed E-state index contributed by atoms with van der Waals surface area (Å²) in [7, 11) is 0. The summed E-state index contributed by atoms with van der Waals surface area (Å²) in [6.07, 6.45) is 7.32. The van der Waals surface area contributed by atoms with E-state index in [1.165, 1.54) is 24.0 Å². The molecule has 88 valence electrons. The summed E-state index contributed by atoms with van der Waals surface area (Å²) in [5.74, 6) is 0. The van der Waals surface area contributed by atoms with Crippen molar-refractivity contribution in [1.82, 2.24) is 10.3 Å². The zero-order valence-corrected chi connectivity index (χ0v) is 9.91. The molecule has 1 fully saturated rings. The van der Waals surface area contributed by atoms with Crippen molar-refractivity contribution in [1.29, 1.82) is 0 Å². The molecule has 1 aliphatic heterocycles. The SMILES string of the molecule is Cc1ccncc1CNC1CCCOCC1. The predicted octanol–water partition coefficient (Wildman–Crippen LogP) is 2.05. The van der Waals surface area contributed by atoms with Gasteiger partial charge in [0.2, 0.25) is 0 Å². The van der Waals surface area contributed by atoms with Gasteiger partial charge in [-0.15, -0.1) is 0 Å². The quantitative estimate of drug-likeness (QED) is 0.846. The number of nitrogens with zero attached hydrogens (tertiary/aromatic N) is 1. The molecule has 3 heteroatoms. The number of aromatic nitrogens is 1. The second-order valence-corrected chi connectivity index (χ2v) is 4.42. The van der Waals surface area contributed by atoms with Crippen molar-refractivity contribution in [2.45, 2.75) is 38.8 Å². The summed E-state index contributed by atoms with van der Waals surface area (Å²) in [6, 6.07) is 2.66. The number of hydrogen-bond acceptors (Lipinski definition) is 3. The number of hydrogen-bond donors (Lipinski definition) is 1. The largest absolute Gasteiger partial charge is 0.381 e. The highest BCUT2D eigenvalue weighted by Crippen LogP contribution is 2.10. The number of pyridine rings is 1. The molecule has 0 radical (unpaired) electrons. The van der Waals surface area contributed by atoms with Crippen LogP contribution in [-0.4, -0.2) is 24.2 Å². The molecule has 0 aromatic carbocycles. The standard InChI is InChI=1S/C13H20N2O/c1-11-4-6-14-9-12(11)10-15-13-3-2-7-16-8-5-13/h4,6,9,13,15H,2-3,5,7-8,10H2,1H3. The maximum Gasteiger partial charge on any atom is 0.0480 e. The van der Waals surface area contributed by atoms with E-state index in [1.807, 2.05) is 12.4 Å². The van der Waals surface area contributed by atoms with Gasteiger partial charge in [0.05, 0.1) is 0 Å². The second-order valence-electron chi connectivity index (χ2n) is 4.42. The normalized spacial score (nSPS) is 21.7. The first kappa shape index (κ1) is 11.6. The highest BCUT2D eigenvalue weighted by Gasteiger charge is 2.11. The van der Waals surface area contributed by atoms with E-state index < -0.39 is 0 Å². The van der Waals surface area contributed by atoms with Crippen LogP contribution in [0.15, 0.2) is 18.5 Å². The molecule has 0 aliphatic carbocycles. The number of nitrogens with one attached hydrogen (secondary N) is 1. The minimum Gasteiger partial charge on any atom is -0.381 e. The van der Waals surface area contributed by atoms with Gasteiger partial charge in [-0.05, 0) is 43.4 Å². The van der Waals surface area contributed by atoms with Gasteiger partial charge in [0.25, 0.3) is 0 Å². The van der Waals surface area contributed by atoms with Gasteiger partial charge in [0, 0.05) is 38.2 Å². The van der Waals surface area contributed by atoms with Gasteiger partial charge in [-0.3, -0.25) is 4.98 Å². The minimum absolute atomic E-state index is 0.599. The molecule has 0 amide bonds. The van der Waals surface area contributed by atoms with Gasteiger partial charge in [-0.25, -0.2) is 0 Å². The average molecular weight is 220 g/mol. The minimum atomic E-state index is 0.599. The molecular formula is C13H20N2O. The lowest BCUT2D eigenvalue weighted by atomic mass is 10.1. The van der Waals surface area contributed by atoms with Gasteiger partial charge in [-0.1, -0.05) is 0 Å². The topological polar surface area (TPSA) is 34.2 Å². The maximum absolute atomic E-state index is 5.45. The Morgan fingerprint density at radius 1 is 1.44 bits per heavy atom. The Balaban J connectivity index is 1.84. The Morgan fingerprint density at radius 3 is 3.25 bits per heavy atom. The fraction of sp³-hybridized carbons (Fsp3) is 0.615. The van der Waals surface area contributed by atoms with Crippen LogP contribution in [0.2, 0.25) is 0 Å². The van der Waals surface area contributed by atoms with Crippen LogP contribution in [0.5, 0.6) is 0 Å². The fourth-order valence-corrected chi connectivity index (χ4v) is 2.04. The van der Waals surface area contributed by atoms with Crippen LogP contribution in [0.3, 0.4) is 0 Å². The van der Waals surface area contributed by atoms with Gasteiger partial charge < -0.3 is 10.1 Å². The van der Waals surface area contributed by atoms with E-state index in [9.17, 15) is 0 Å². The summed E-state index contributed by atoms with van der Waals surface area (Å²) >= 11 is 0. The van der Waals surface area contributed by atoms with Crippen molar-refractivity contribution < 1.29 is 4.74 Å². The third-order valence-electron chi connectivity index (χ3n) is 3.18. The first-order valence-corrected chi connectivity index (χ1v) is 6.07. The summed E-state index contributed by atoms with van der Waals surface area (Å²) in [5.41, 5.74) is 2.61. The van der Waals surface area contributed by atoms with Crippen molar-refractivity contribution in [3.8, 4) is 0 Å². The molecule has 0 spiro atoms. The molecule has 0 bridgehead atoms.